The lowest BCUT2D eigenvalue weighted by Gasteiger charge is -2.09. The number of nitrogens with zero attached hydrogens (tertiary/aromatic N) is 1. The number of halogens is 3. The van der Waals surface area contributed by atoms with E-state index in [9.17, 15) is 18.0 Å². The van der Waals surface area contributed by atoms with Gasteiger partial charge in [-0.2, -0.15) is 13.2 Å². The molecule has 0 fully saturated rings. The third-order valence-corrected chi connectivity index (χ3v) is 2.92. The Labute approximate surface area is 119 Å². The number of alkyl halides is 3. The molecule has 0 aliphatic heterocycles. The maximum atomic E-state index is 12.6. The molecular formula is C15H12F3NO2. The summed E-state index contributed by atoms with van der Waals surface area (Å²) in [5.41, 5.74) is -0.173. The lowest BCUT2D eigenvalue weighted by Crippen LogP contribution is -2.09. The van der Waals surface area contributed by atoms with Crippen LogP contribution in [-0.2, 0) is 12.6 Å². The van der Waals surface area contributed by atoms with Crippen molar-refractivity contribution in [3.05, 3.63) is 59.4 Å². The zero-order chi connectivity index (χ0) is 15.5. The molecule has 6 heteroatoms. The van der Waals surface area contributed by atoms with E-state index in [-0.39, 0.29) is 12.2 Å². The quantitative estimate of drug-likeness (QED) is 0.810. The van der Waals surface area contributed by atoms with Crippen LogP contribution in [0, 0.1) is 0 Å². The fourth-order valence-corrected chi connectivity index (χ4v) is 1.91. The molecule has 0 bridgehead atoms. The first kappa shape index (κ1) is 15.0. The summed E-state index contributed by atoms with van der Waals surface area (Å²) in [4.78, 5) is 16.0. The van der Waals surface area contributed by atoms with Crippen LogP contribution >= 0.6 is 0 Å². The molecule has 0 saturated heterocycles. The van der Waals surface area contributed by atoms with Crippen molar-refractivity contribution in [1.29, 1.82) is 0 Å². The normalized spacial score (nSPS) is 11.2. The number of pyridine rings is 1. The molecule has 2 rings (SSSR count). The van der Waals surface area contributed by atoms with E-state index in [1.165, 1.54) is 37.7 Å². The Morgan fingerprint density at radius 3 is 2.71 bits per heavy atom. The molecule has 2 aromatic rings. The number of hydrogen-bond acceptors (Lipinski definition) is 3. The molecule has 0 aliphatic rings. The van der Waals surface area contributed by atoms with E-state index in [1.54, 1.807) is 0 Å². The maximum Gasteiger partial charge on any atom is 0.416 e. The molecule has 110 valence electrons. The zero-order valence-electron chi connectivity index (χ0n) is 11.1. The van der Waals surface area contributed by atoms with Crippen molar-refractivity contribution in [3.63, 3.8) is 0 Å². The number of benzene rings is 1. The van der Waals surface area contributed by atoms with Gasteiger partial charge in [0.05, 0.1) is 24.4 Å². The highest BCUT2D eigenvalue weighted by Gasteiger charge is 2.30. The molecule has 1 aromatic carbocycles. The lowest BCUT2D eigenvalue weighted by atomic mass is 10.0. The topological polar surface area (TPSA) is 39.2 Å². The van der Waals surface area contributed by atoms with Crippen LogP contribution in [-0.4, -0.2) is 17.9 Å². The number of carbonyl (C=O) groups excluding carboxylic acids is 1. The van der Waals surface area contributed by atoms with Crippen LogP contribution in [0.3, 0.4) is 0 Å². The Bertz CT molecular complexity index is 653. The molecular weight excluding hydrogens is 283 g/mol. The van der Waals surface area contributed by atoms with E-state index in [1.807, 2.05) is 0 Å². The number of hydrogen-bond donors (Lipinski definition) is 0. The summed E-state index contributed by atoms with van der Waals surface area (Å²) >= 11 is 0. The molecule has 1 heterocycles. The van der Waals surface area contributed by atoms with Gasteiger partial charge >= 0.3 is 6.18 Å². The molecule has 1 aromatic heterocycles. The second-order valence-electron chi connectivity index (χ2n) is 4.37. The minimum absolute atomic E-state index is 0.135. The summed E-state index contributed by atoms with van der Waals surface area (Å²) in [5.74, 6) is -0.0250. The van der Waals surface area contributed by atoms with Crippen molar-refractivity contribution in [2.45, 2.75) is 12.6 Å². The van der Waals surface area contributed by atoms with Crippen LogP contribution in [0.5, 0.6) is 5.75 Å². The number of aromatic nitrogens is 1. The van der Waals surface area contributed by atoms with Gasteiger partial charge in [-0.25, -0.2) is 0 Å². The Morgan fingerprint density at radius 2 is 2.05 bits per heavy atom. The SMILES string of the molecule is COc1cnccc1C(=O)Cc1cccc(C(F)(F)F)c1. The third kappa shape index (κ3) is 3.59. The van der Waals surface area contributed by atoms with Crippen LogP contribution in [0.15, 0.2) is 42.7 Å². The highest BCUT2D eigenvalue weighted by atomic mass is 19.4. The van der Waals surface area contributed by atoms with Crippen molar-refractivity contribution in [2.75, 3.05) is 7.11 Å². The summed E-state index contributed by atoms with van der Waals surface area (Å²) in [6.45, 7) is 0. The standard InChI is InChI=1S/C15H12F3NO2/c1-21-14-9-19-6-5-12(14)13(20)8-10-3-2-4-11(7-10)15(16,17)18/h2-7,9H,8H2,1H3. The van der Waals surface area contributed by atoms with E-state index in [4.69, 9.17) is 4.74 Å². The molecule has 0 unspecified atom stereocenters. The number of methoxy groups -OCH3 is 1. The van der Waals surface area contributed by atoms with Gasteiger partial charge in [0.2, 0.25) is 0 Å². The molecule has 3 nitrogen and oxygen atoms in total. The first-order chi connectivity index (χ1) is 9.91. The maximum absolute atomic E-state index is 12.6. The molecule has 0 aliphatic carbocycles. The van der Waals surface area contributed by atoms with Gasteiger partial charge in [-0.1, -0.05) is 18.2 Å². The molecule has 0 saturated carbocycles. The number of Topliss-reactive ketones (excluding diaryl/α,β-unsaturated/α-hetero) is 1. The Morgan fingerprint density at radius 1 is 1.29 bits per heavy atom. The van der Waals surface area contributed by atoms with Crippen molar-refractivity contribution >= 4 is 5.78 Å². The van der Waals surface area contributed by atoms with E-state index in [2.05, 4.69) is 4.98 Å². The number of ether oxygens (including phenoxy) is 1. The minimum atomic E-state index is -4.42. The summed E-state index contributed by atoms with van der Waals surface area (Å²) in [7, 11) is 1.40. The van der Waals surface area contributed by atoms with Crippen LogP contribution in [0.2, 0.25) is 0 Å². The van der Waals surface area contributed by atoms with E-state index in [0.29, 0.717) is 16.9 Å². The van der Waals surface area contributed by atoms with Gasteiger partial charge in [0.1, 0.15) is 5.75 Å². The van der Waals surface area contributed by atoms with Crippen LogP contribution in [0.1, 0.15) is 21.5 Å². The first-order valence-electron chi connectivity index (χ1n) is 6.09. The van der Waals surface area contributed by atoms with Gasteiger partial charge in [0.25, 0.3) is 0 Å². The zero-order valence-corrected chi connectivity index (χ0v) is 11.1. The van der Waals surface area contributed by atoms with Gasteiger partial charge in [0, 0.05) is 12.6 Å². The molecule has 0 radical (unpaired) electrons. The van der Waals surface area contributed by atoms with Crippen LogP contribution in [0.4, 0.5) is 13.2 Å². The van der Waals surface area contributed by atoms with E-state index in [0.717, 1.165) is 12.1 Å². The van der Waals surface area contributed by atoms with Gasteiger partial charge in [0.15, 0.2) is 5.78 Å². The average Bonchev–Trinajstić information content (AvgIpc) is 2.46. The Balaban J connectivity index is 2.24. The summed E-state index contributed by atoms with van der Waals surface area (Å²) in [6, 6.07) is 6.21. The molecule has 0 amide bonds. The molecule has 0 atom stereocenters. The fraction of sp³-hybridized carbons (Fsp3) is 0.200. The lowest BCUT2D eigenvalue weighted by molar-refractivity contribution is -0.137. The van der Waals surface area contributed by atoms with E-state index >= 15 is 0 Å². The fourth-order valence-electron chi connectivity index (χ4n) is 1.91. The number of carbonyl (C=O) groups is 1. The predicted molar refractivity (Wildman–Crippen MR) is 70.3 cm³/mol. The van der Waals surface area contributed by atoms with Crippen molar-refractivity contribution in [1.82, 2.24) is 4.98 Å². The highest BCUT2D eigenvalue weighted by Crippen LogP contribution is 2.30. The second-order valence-corrected chi connectivity index (χ2v) is 4.37. The minimum Gasteiger partial charge on any atom is -0.494 e. The average molecular weight is 295 g/mol. The molecule has 21 heavy (non-hydrogen) atoms. The highest BCUT2D eigenvalue weighted by molar-refractivity contribution is 5.99. The molecule has 0 N–H and O–H groups in total. The van der Waals surface area contributed by atoms with Gasteiger partial charge in [-0.05, 0) is 17.7 Å². The Kier molecular flexibility index (Phi) is 4.26. The van der Waals surface area contributed by atoms with Crippen LogP contribution in [0.25, 0.3) is 0 Å². The number of rotatable bonds is 4. The molecule has 0 spiro atoms. The predicted octanol–water partition coefficient (Wildman–Crippen LogP) is 3.53. The summed E-state index contributed by atoms with van der Waals surface area (Å²) < 4.78 is 42.9. The summed E-state index contributed by atoms with van der Waals surface area (Å²) in [6.07, 6.45) is -1.74. The Hall–Kier alpha value is -2.37. The largest absolute Gasteiger partial charge is 0.494 e. The van der Waals surface area contributed by atoms with Crippen molar-refractivity contribution in [3.8, 4) is 5.75 Å². The monoisotopic (exact) mass is 295 g/mol. The number of ketones is 1. The smallest absolute Gasteiger partial charge is 0.416 e. The van der Waals surface area contributed by atoms with Crippen molar-refractivity contribution < 1.29 is 22.7 Å². The van der Waals surface area contributed by atoms with Gasteiger partial charge in [-0.3, -0.25) is 9.78 Å². The van der Waals surface area contributed by atoms with Crippen molar-refractivity contribution in [2.24, 2.45) is 0 Å². The van der Waals surface area contributed by atoms with Gasteiger partial charge in [-0.15, -0.1) is 0 Å². The van der Waals surface area contributed by atoms with E-state index < -0.39 is 11.7 Å². The second kappa shape index (κ2) is 5.95. The summed E-state index contributed by atoms with van der Waals surface area (Å²) in [5, 5.41) is 0. The third-order valence-electron chi connectivity index (χ3n) is 2.92. The first-order valence-corrected chi connectivity index (χ1v) is 6.09. The van der Waals surface area contributed by atoms with Gasteiger partial charge < -0.3 is 4.74 Å². The van der Waals surface area contributed by atoms with Crippen LogP contribution < -0.4 is 4.74 Å².